The van der Waals surface area contributed by atoms with E-state index in [2.05, 4.69) is 30.8 Å². The summed E-state index contributed by atoms with van der Waals surface area (Å²) in [4.78, 5) is 8.76. The van der Waals surface area contributed by atoms with Gasteiger partial charge in [-0.1, -0.05) is 23.2 Å². The van der Waals surface area contributed by atoms with Gasteiger partial charge in [-0.2, -0.15) is 15.1 Å². The number of anilines is 3. The van der Waals surface area contributed by atoms with E-state index in [1.807, 2.05) is 6.92 Å². The highest BCUT2D eigenvalue weighted by atomic mass is 35.5. The minimum Gasteiger partial charge on any atom is -0.354 e. The summed E-state index contributed by atoms with van der Waals surface area (Å²) in [7, 11) is 0. The molecule has 6 nitrogen and oxygen atoms in total. The highest BCUT2D eigenvalue weighted by Gasteiger charge is 2.11. The van der Waals surface area contributed by atoms with Crippen LogP contribution in [0.3, 0.4) is 0 Å². The summed E-state index contributed by atoms with van der Waals surface area (Å²) in [5.41, 5.74) is 1.31. The summed E-state index contributed by atoms with van der Waals surface area (Å²) in [6.45, 7) is 2.69. The largest absolute Gasteiger partial charge is 0.354 e. The minimum absolute atomic E-state index is 0.509. The van der Waals surface area contributed by atoms with Gasteiger partial charge in [-0.3, -0.25) is 5.10 Å². The molecule has 0 saturated heterocycles. The average Bonchev–Trinajstić information content (AvgIpc) is 2.92. The van der Waals surface area contributed by atoms with Crippen LogP contribution >= 0.6 is 23.2 Å². The third-order valence-electron chi connectivity index (χ3n) is 2.83. The second-order valence-electron chi connectivity index (χ2n) is 4.31. The van der Waals surface area contributed by atoms with Gasteiger partial charge < -0.3 is 10.6 Å². The standard InChI is InChI=1S/C13H12Cl2N6/c1-2-16-13-19-11(8-6-17-21-12(8)20-13)18-10-5-7(14)3-4-9(10)15/h3-6H,2H2,1H3,(H3,16,17,18,19,20,21). The molecule has 2 aromatic heterocycles. The molecule has 0 radical (unpaired) electrons. The first-order chi connectivity index (χ1) is 10.2. The van der Waals surface area contributed by atoms with Gasteiger partial charge in [-0.25, -0.2) is 0 Å². The molecule has 3 N–H and O–H groups in total. The number of nitrogens with zero attached hydrogens (tertiary/aromatic N) is 3. The fourth-order valence-corrected chi connectivity index (χ4v) is 2.23. The molecule has 0 spiro atoms. The van der Waals surface area contributed by atoms with Gasteiger partial charge in [0.2, 0.25) is 5.95 Å². The lowest BCUT2D eigenvalue weighted by Crippen LogP contribution is -2.05. The monoisotopic (exact) mass is 322 g/mol. The normalized spacial score (nSPS) is 10.8. The topological polar surface area (TPSA) is 78.5 Å². The molecule has 0 amide bonds. The van der Waals surface area contributed by atoms with Crippen LogP contribution in [0.5, 0.6) is 0 Å². The summed E-state index contributed by atoms with van der Waals surface area (Å²) >= 11 is 12.2. The molecule has 0 aliphatic rings. The molecular weight excluding hydrogens is 311 g/mol. The Kier molecular flexibility index (Phi) is 3.81. The fourth-order valence-electron chi connectivity index (χ4n) is 1.89. The second kappa shape index (κ2) is 5.75. The van der Waals surface area contributed by atoms with Crippen molar-refractivity contribution in [2.45, 2.75) is 6.92 Å². The van der Waals surface area contributed by atoms with E-state index in [0.29, 0.717) is 33.1 Å². The van der Waals surface area contributed by atoms with Crippen molar-refractivity contribution >= 4 is 51.7 Å². The van der Waals surface area contributed by atoms with Crippen LogP contribution in [0.15, 0.2) is 24.4 Å². The Morgan fingerprint density at radius 2 is 2.10 bits per heavy atom. The number of fused-ring (bicyclic) bond motifs is 1. The average molecular weight is 323 g/mol. The summed E-state index contributed by atoms with van der Waals surface area (Å²) in [6, 6.07) is 5.20. The van der Waals surface area contributed by atoms with Crippen LogP contribution in [0.1, 0.15) is 6.92 Å². The summed E-state index contributed by atoms with van der Waals surface area (Å²) in [5.74, 6) is 1.11. The maximum atomic E-state index is 6.17. The predicted molar refractivity (Wildman–Crippen MR) is 85.6 cm³/mol. The number of rotatable bonds is 4. The van der Waals surface area contributed by atoms with E-state index < -0.39 is 0 Å². The van der Waals surface area contributed by atoms with Gasteiger partial charge in [-0.15, -0.1) is 0 Å². The van der Waals surface area contributed by atoms with E-state index in [4.69, 9.17) is 23.2 Å². The first kappa shape index (κ1) is 13.9. The molecule has 2 heterocycles. The van der Waals surface area contributed by atoms with E-state index in [0.717, 1.165) is 11.9 Å². The van der Waals surface area contributed by atoms with E-state index in [-0.39, 0.29) is 0 Å². The van der Waals surface area contributed by atoms with Crippen LogP contribution in [-0.2, 0) is 0 Å². The Balaban J connectivity index is 2.06. The van der Waals surface area contributed by atoms with Crippen LogP contribution in [0.4, 0.5) is 17.5 Å². The van der Waals surface area contributed by atoms with Gasteiger partial charge in [0, 0.05) is 11.6 Å². The Morgan fingerprint density at radius 1 is 1.24 bits per heavy atom. The number of benzene rings is 1. The fraction of sp³-hybridized carbons (Fsp3) is 0.154. The molecule has 3 aromatic rings. The molecule has 0 aliphatic heterocycles. The third kappa shape index (κ3) is 2.86. The lowest BCUT2D eigenvalue weighted by Gasteiger charge is -2.10. The highest BCUT2D eigenvalue weighted by Crippen LogP contribution is 2.30. The lowest BCUT2D eigenvalue weighted by molar-refractivity contribution is 1.07. The second-order valence-corrected chi connectivity index (χ2v) is 5.15. The predicted octanol–water partition coefficient (Wildman–Crippen LogP) is 3.84. The summed E-state index contributed by atoms with van der Waals surface area (Å²) in [5, 5.41) is 15.0. The molecule has 1 aromatic carbocycles. The molecule has 0 unspecified atom stereocenters. The van der Waals surface area contributed by atoms with Crippen molar-refractivity contribution in [2.75, 3.05) is 17.2 Å². The molecular formula is C13H12Cl2N6. The number of hydrogen-bond acceptors (Lipinski definition) is 5. The van der Waals surface area contributed by atoms with E-state index in [1.165, 1.54) is 0 Å². The van der Waals surface area contributed by atoms with E-state index in [1.54, 1.807) is 24.4 Å². The maximum Gasteiger partial charge on any atom is 0.226 e. The van der Waals surface area contributed by atoms with E-state index in [9.17, 15) is 0 Å². The first-order valence-electron chi connectivity index (χ1n) is 6.34. The van der Waals surface area contributed by atoms with E-state index >= 15 is 0 Å². The number of aromatic amines is 1. The van der Waals surface area contributed by atoms with Crippen molar-refractivity contribution in [1.82, 2.24) is 20.2 Å². The Morgan fingerprint density at radius 3 is 2.90 bits per heavy atom. The molecule has 0 fully saturated rings. The highest BCUT2D eigenvalue weighted by molar-refractivity contribution is 6.35. The van der Waals surface area contributed by atoms with Crippen molar-refractivity contribution in [1.29, 1.82) is 0 Å². The minimum atomic E-state index is 0.509. The Bertz CT molecular complexity index is 785. The SMILES string of the molecule is CCNc1nc(Nc2cc(Cl)ccc2Cl)c2cn[nH]c2n1. The Hall–Kier alpha value is -2.05. The van der Waals surface area contributed by atoms with Crippen molar-refractivity contribution in [2.24, 2.45) is 0 Å². The van der Waals surface area contributed by atoms with Gasteiger partial charge >= 0.3 is 0 Å². The zero-order chi connectivity index (χ0) is 14.8. The van der Waals surface area contributed by atoms with Crippen molar-refractivity contribution in [3.8, 4) is 0 Å². The van der Waals surface area contributed by atoms with Gasteiger partial charge in [-0.05, 0) is 25.1 Å². The number of aromatic nitrogens is 4. The first-order valence-corrected chi connectivity index (χ1v) is 7.10. The number of hydrogen-bond donors (Lipinski definition) is 3. The van der Waals surface area contributed by atoms with Crippen LogP contribution in [-0.4, -0.2) is 26.7 Å². The van der Waals surface area contributed by atoms with Crippen LogP contribution in [0, 0.1) is 0 Å². The van der Waals surface area contributed by atoms with Gasteiger partial charge in [0.1, 0.15) is 5.82 Å². The molecule has 21 heavy (non-hydrogen) atoms. The van der Waals surface area contributed by atoms with Gasteiger partial charge in [0.05, 0.1) is 22.3 Å². The molecule has 0 aliphatic carbocycles. The molecule has 8 heteroatoms. The van der Waals surface area contributed by atoms with Crippen molar-refractivity contribution in [3.63, 3.8) is 0 Å². The molecule has 0 atom stereocenters. The molecule has 108 valence electrons. The number of halogens is 2. The molecule has 3 rings (SSSR count). The lowest BCUT2D eigenvalue weighted by atomic mass is 10.3. The number of nitrogens with one attached hydrogen (secondary N) is 3. The molecule has 0 bridgehead atoms. The van der Waals surface area contributed by atoms with Gasteiger partial charge in [0.15, 0.2) is 5.65 Å². The summed E-state index contributed by atoms with van der Waals surface area (Å²) < 4.78 is 0. The summed E-state index contributed by atoms with van der Waals surface area (Å²) in [6.07, 6.45) is 1.66. The quantitative estimate of drug-likeness (QED) is 0.680. The third-order valence-corrected chi connectivity index (χ3v) is 3.39. The number of H-pyrrole nitrogens is 1. The van der Waals surface area contributed by atoms with Crippen LogP contribution in [0.2, 0.25) is 10.0 Å². The molecule has 0 saturated carbocycles. The zero-order valence-corrected chi connectivity index (χ0v) is 12.6. The Labute approximate surface area is 130 Å². The maximum absolute atomic E-state index is 6.17. The van der Waals surface area contributed by atoms with Crippen molar-refractivity contribution < 1.29 is 0 Å². The zero-order valence-electron chi connectivity index (χ0n) is 11.1. The smallest absolute Gasteiger partial charge is 0.226 e. The van der Waals surface area contributed by atoms with Crippen LogP contribution in [0.25, 0.3) is 11.0 Å². The van der Waals surface area contributed by atoms with Crippen LogP contribution < -0.4 is 10.6 Å². The van der Waals surface area contributed by atoms with Gasteiger partial charge in [0.25, 0.3) is 0 Å². The van der Waals surface area contributed by atoms with Crippen molar-refractivity contribution in [3.05, 3.63) is 34.4 Å².